The molecule has 1 aliphatic heterocycles. The Balaban J connectivity index is 1.81. The van der Waals surface area contributed by atoms with E-state index in [2.05, 4.69) is 27.0 Å². The van der Waals surface area contributed by atoms with Crippen molar-refractivity contribution < 1.29 is 0 Å². The van der Waals surface area contributed by atoms with Crippen molar-refractivity contribution in [3.05, 3.63) is 53.1 Å². The summed E-state index contributed by atoms with van der Waals surface area (Å²) >= 11 is 6.36. The van der Waals surface area contributed by atoms with Crippen LogP contribution in [0, 0.1) is 0 Å². The van der Waals surface area contributed by atoms with Crippen molar-refractivity contribution in [1.29, 1.82) is 0 Å². The van der Waals surface area contributed by atoms with Gasteiger partial charge in [0.1, 0.15) is 5.82 Å². The molecule has 0 spiro atoms. The number of halogens is 1. The Labute approximate surface area is 118 Å². The summed E-state index contributed by atoms with van der Waals surface area (Å²) in [5.74, 6) is 1.14. The molecule has 2 aromatic rings. The van der Waals surface area contributed by atoms with E-state index in [9.17, 15) is 0 Å². The summed E-state index contributed by atoms with van der Waals surface area (Å²) in [5.41, 5.74) is 1.44. The Morgan fingerprint density at radius 1 is 1.37 bits per heavy atom. The fraction of sp³-hybridized carbons (Fsp3) is 0.400. The maximum atomic E-state index is 6.36. The van der Waals surface area contributed by atoms with Crippen molar-refractivity contribution >= 4 is 11.6 Å². The molecule has 3 nitrogen and oxygen atoms in total. The van der Waals surface area contributed by atoms with Crippen LogP contribution < -0.4 is 5.32 Å². The Hall–Kier alpha value is -1.32. The molecule has 19 heavy (non-hydrogen) atoms. The number of benzene rings is 1. The van der Waals surface area contributed by atoms with Crippen molar-refractivity contribution in [3.63, 3.8) is 0 Å². The zero-order chi connectivity index (χ0) is 13.3. The van der Waals surface area contributed by atoms with E-state index in [4.69, 9.17) is 11.6 Å². The summed E-state index contributed by atoms with van der Waals surface area (Å²) < 4.78 is 2.09. The third kappa shape index (κ3) is 2.28. The topological polar surface area (TPSA) is 29.9 Å². The van der Waals surface area contributed by atoms with Crippen molar-refractivity contribution in [2.24, 2.45) is 7.05 Å². The van der Waals surface area contributed by atoms with E-state index in [0.717, 1.165) is 36.8 Å². The van der Waals surface area contributed by atoms with Gasteiger partial charge >= 0.3 is 0 Å². The number of aromatic nitrogens is 2. The van der Waals surface area contributed by atoms with Crippen LogP contribution in [-0.2, 0) is 18.9 Å². The molecule has 1 fully saturated rings. The average Bonchev–Trinajstić information content (AvgIpc) is 2.76. The fourth-order valence-electron chi connectivity index (χ4n) is 2.81. The van der Waals surface area contributed by atoms with Gasteiger partial charge in [-0.1, -0.05) is 29.8 Å². The summed E-state index contributed by atoms with van der Waals surface area (Å²) in [4.78, 5) is 4.40. The van der Waals surface area contributed by atoms with Crippen LogP contribution >= 0.6 is 11.6 Å². The van der Waals surface area contributed by atoms with Crippen LogP contribution in [-0.4, -0.2) is 22.6 Å². The van der Waals surface area contributed by atoms with Crippen LogP contribution in [0.15, 0.2) is 36.7 Å². The van der Waals surface area contributed by atoms with Gasteiger partial charge in [-0.25, -0.2) is 4.98 Å². The lowest BCUT2D eigenvalue weighted by atomic mass is 9.72. The predicted molar refractivity (Wildman–Crippen MR) is 77.5 cm³/mol. The van der Waals surface area contributed by atoms with Crippen LogP contribution in [0.3, 0.4) is 0 Å². The van der Waals surface area contributed by atoms with Crippen LogP contribution in [0.5, 0.6) is 0 Å². The lowest BCUT2D eigenvalue weighted by Crippen LogP contribution is -2.57. The second-order valence-corrected chi connectivity index (χ2v) is 5.73. The molecule has 0 unspecified atom stereocenters. The molecule has 2 heterocycles. The van der Waals surface area contributed by atoms with Gasteiger partial charge in [0.25, 0.3) is 0 Å². The van der Waals surface area contributed by atoms with E-state index in [-0.39, 0.29) is 5.41 Å². The van der Waals surface area contributed by atoms with E-state index in [1.165, 1.54) is 5.56 Å². The molecule has 1 saturated heterocycles. The lowest BCUT2D eigenvalue weighted by Gasteiger charge is -2.44. The predicted octanol–water partition coefficient (Wildman–Crippen LogP) is 2.55. The maximum absolute atomic E-state index is 6.36. The van der Waals surface area contributed by atoms with E-state index in [0.29, 0.717) is 0 Å². The number of rotatable bonds is 4. The lowest BCUT2D eigenvalue weighted by molar-refractivity contribution is 0.256. The molecule has 100 valence electrons. The zero-order valence-corrected chi connectivity index (χ0v) is 11.8. The first-order valence-corrected chi connectivity index (χ1v) is 7.01. The summed E-state index contributed by atoms with van der Waals surface area (Å²) in [7, 11) is 2.05. The van der Waals surface area contributed by atoms with E-state index in [1.807, 2.05) is 31.6 Å². The van der Waals surface area contributed by atoms with Crippen LogP contribution in [0.4, 0.5) is 0 Å². The molecule has 1 aliphatic rings. The standard InChI is InChI=1S/C15H18ClN3/c1-19-9-8-18-14(19)6-7-15(10-17-11-15)12-4-2-3-5-13(12)16/h2-5,8-9,17H,6-7,10-11H2,1H3. The highest BCUT2D eigenvalue weighted by atomic mass is 35.5. The summed E-state index contributed by atoms with van der Waals surface area (Å²) in [5, 5.41) is 4.27. The molecular formula is C15H18ClN3. The molecular weight excluding hydrogens is 258 g/mol. The minimum atomic E-state index is 0.171. The van der Waals surface area contributed by atoms with Gasteiger partial charge in [-0.15, -0.1) is 0 Å². The quantitative estimate of drug-likeness (QED) is 0.929. The zero-order valence-electron chi connectivity index (χ0n) is 11.1. The number of imidazole rings is 1. The largest absolute Gasteiger partial charge is 0.338 e. The minimum Gasteiger partial charge on any atom is -0.338 e. The van der Waals surface area contributed by atoms with Gasteiger partial charge in [0, 0.05) is 49.4 Å². The van der Waals surface area contributed by atoms with Crippen LogP contribution in [0.2, 0.25) is 5.02 Å². The third-order valence-corrected chi connectivity index (χ3v) is 4.45. The van der Waals surface area contributed by atoms with Gasteiger partial charge in [-0.05, 0) is 18.1 Å². The second-order valence-electron chi connectivity index (χ2n) is 5.32. The van der Waals surface area contributed by atoms with Crippen molar-refractivity contribution in [2.45, 2.75) is 18.3 Å². The monoisotopic (exact) mass is 275 g/mol. The summed E-state index contributed by atoms with van der Waals surface area (Å²) in [6.07, 6.45) is 5.91. The molecule has 0 bridgehead atoms. The fourth-order valence-corrected chi connectivity index (χ4v) is 3.14. The first-order valence-electron chi connectivity index (χ1n) is 6.63. The molecule has 0 aliphatic carbocycles. The summed E-state index contributed by atoms with van der Waals surface area (Å²) in [6, 6.07) is 8.20. The number of aryl methyl sites for hydroxylation is 2. The number of hydrogen-bond donors (Lipinski definition) is 1. The number of hydrogen-bond acceptors (Lipinski definition) is 2. The molecule has 0 saturated carbocycles. The highest BCUT2D eigenvalue weighted by Gasteiger charge is 2.39. The average molecular weight is 276 g/mol. The molecule has 1 aromatic heterocycles. The van der Waals surface area contributed by atoms with E-state index in [1.54, 1.807) is 0 Å². The first kappa shape index (κ1) is 12.7. The number of nitrogens with zero attached hydrogens (tertiary/aromatic N) is 2. The highest BCUT2D eigenvalue weighted by molar-refractivity contribution is 6.31. The first-order chi connectivity index (χ1) is 9.21. The van der Waals surface area contributed by atoms with E-state index < -0.39 is 0 Å². The third-order valence-electron chi connectivity index (χ3n) is 4.12. The van der Waals surface area contributed by atoms with Gasteiger partial charge in [-0.2, -0.15) is 0 Å². The Bertz CT molecular complexity index is 572. The molecule has 0 atom stereocenters. The van der Waals surface area contributed by atoms with Crippen molar-refractivity contribution in [3.8, 4) is 0 Å². The Kier molecular flexibility index (Phi) is 3.33. The highest BCUT2D eigenvalue weighted by Crippen LogP contribution is 2.37. The summed E-state index contributed by atoms with van der Waals surface area (Å²) in [6.45, 7) is 2.00. The SMILES string of the molecule is Cn1ccnc1CCC1(c2ccccc2Cl)CNC1. The van der Waals surface area contributed by atoms with Gasteiger partial charge in [0.05, 0.1) is 0 Å². The minimum absolute atomic E-state index is 0.171. The second kappa shape index (κ2) is 4.99. The van der Waals surface area contributed by atoms with Gasteiger partial charge in [0.15, 0.2) is 0 Å². The van der Waals surface area contributed by atoms with Gasteiger partial charge in [0.2, 0.25) is 0 Å². The van der Waals surface area contributed by atoms with Gasteiger partial charge < -0.3 is 9.88 Å². The normalized spacial score (nSPS) is 17.2. The molecule has 0 amide bonds. The number of nitrogens with one attached hydrogen (secondary N) is 1. The maximum Gasteiger partial charge on any atom is 0.108 e. The van der Waals surface area contributed by atoms with Crippen molar-refractivity contribution in [2.75, 3.05) is 13.1 Å². The smallest absolute Gasteiger partial charge is 0.108 e. The van der Waals surface area contributed by atoms with Crippen LogP contribution in [0.1, 0.15) is 17.8 Å². The Morgan fingerprint density at radius 3 is 2.74 bits per heavy atom. The molecule has 1 aromatic carbocycles. The molecule has 4 heteroatoms. The van der Waals surface area contributed by atoms with Crippen molar-refractivity contribution in [1.82, 2.24) is 14.9 Å². The van der Waals surface area contributed by atoms with Gasteiger partial charge in [-0.3, -0.25) is 0 Å². The van der Waals surface area contributed by atoms with Crippen LogP contribution in [0.25, 0.3) is 0 Å². The molecule has 0 radical (unpaired) electrons. The molecule has 3 rings (SSSR count). The van der Waals surface area contributed by atoms with E-state index >= 15 is 0 Å². The Morgan fingerprint density at radius 2 is 2.16 bits per heavy atom. The molecule has 1 N–H and O–H groups in total.